The van der Waals surface area contributed by atoms with Crippen LogP contribution >= 0.6 is 27.7 Å². The van der Waals surface area contributed by atoms with Gasteiger partial charge in [0.1, 0.15) is 11.5 Å². The van der Waals surface area contributed by atoms with Crippen LogP contribution in [0.25, 0.3) is 0 Å². The maximum Gasteiger partial charge on any atom is 0.275 e. The first-order valence-electron chi connectivity index (χ1n) is 9.29. The summed E-state index contributed by atoms with van der Waals surface area (Å²) in [5.74, 6) is -0.0472. The number of anilines is 1. The van der Waals surface area contributed by atoms with E-state index in [9.17, 15) is 4.79 Å². The van der Waals surface area contributed by atoms with E-state index in [1.54, 1.807) is 37.2 Å². The molecule has 0 aliphatic heterocycles. The molecule has 0 saturated heterocycles. The van der Waals surface area contributed by atoms with Crippen molar-refractivity contribution in [3.05, 3.63) is 52.6 Å². The summed E-state index contributed by atoms with van der Waals surface area (Å²) < 4.78 is 5.46. The van der Waals surface area contributed by atoms with Crippen molar-refractivity contribution in [2.24, 2.45) is 0 Å². The second kappa shape index (κ2) is 14.3. The first kappa shape index (κ1) is 25.3. The molecule has 0 fully saturated rings. The molecule has 0 aliphatic rings. The third-order valence-corrected chi connectivity index (χ3v) is 5.51. The van der Waals surface area contributed by atoms with Crippen LogP contribution in [0.15, 0.2) is 52.0 Å². The largest absolute Gasteiger partial charge is 0.396 e. The number of methoxy groups -OCH3 is 1. The highest BCUT2D eigenvalue weighted by molar-refractivity contribution is 9.10. The van der Waals surface area contributed by atoms with Gasteiger partial charge in [-0.15, -0.1) is 11.8 Å². The monoisotopic (exact) mass is 481 g/mol. The highest BCUT2D eigenvalue weighted by Gasteiger charge is 2.13. The predicted molar refractivity (Wildman–Crippen MR) is 123 cm³/mol. The second-order valence-electron chi connectivity index (χ2n) is 6.12. The van der Waals surface area contributed by atoms with Gasteiger partial charge in [-0.3, -0.25) is 10.2 Å². The van der Waals surface area contributed by atoms with Crippen molar-refractivity contribution >= 4 is 45.1 Å². The van der Waals surface area contributed by atoms with Crippen molar-refractivity contribution in [2.75, 3.05) is 25.6 Å². The Kier molecular flexibility index (Phi) is 12.5. The number of nitrogens with one attached hydrogen (secondary N) is 2. The van der Waals surface area contributed by atoms with E-state index in [2.05, 4.69) is 44.8 Å². The van der Waals surface area contributed by atoms with Gasteiger partial charge in [0.05, 0.1) is 0 Å². The summed E-state index contributed by atoms with van der Waals surface area (Å²) in [5, 5.41) is 19.3. The fourth-order valence-corrected chi connectivity index (χ4v) is 3.14. The quantitative estimate of drug-likeness (QED) is 0.272. The summed E-state index contributed by atoms with van der Waals surface area (Å²) >= 11 is 5.08. The van der Waals surface area contributed by atoms with Crippen LogP contribution in [0.1, 0.15) is 32.3 Å². The summed E-state index contributed by atoms with van der Waals surface area (Å²) in [7, 11) is 1.62. The van der Waals surface area contributed by atoms with Crippen LogP contribution in [-0.2, 0) is 9.53 Å². The molecule has 1 atom stereocenters. The molecular weight excluding hydrogens is 454 g/mol. The molecule has 0 saturated carbocycles. The fraction of sp³-hybridized carbons (Fsp3) is 0.381. The average Bonchev–Trinajstić information content (AvgIpc) is 2.74. The molecule has 1 amide bonds. The van der Waals surface area contributed by atoms with Crippen LogP contribution in [0, 0.1) is 5.41 Å². The number of benzene rings is 1. The Balaban J connectivity index is 0.000000612. The first-order chi connectivity index (χ1) is 13.9. The number of ether oxygens (including phenoxy) is 1. The lowest BCUT2D eigenvalue weighted by Crippen LogP contribution is -2.23. The van der Waals surface area contributed by atoms with Gasteiger partial charge in [0.15, 0.2) is 0 Å². The van der Waals surface area contributed by atoms with Gasteiger partial charge in [0.2, 0.25) is 0 Å². The molecule has 158 valence electrons. The maximum atomic E-state index is 12.1. The molecule has 0 bridgehead atoms. The number of nitrogens with zero attached hydrogens (tertiary/aromatic N) is 1. The van der Waals surface area contributed by atoms with Gasteiger partial charge >= 0.3 is 0 Å². The van der Waals surface area contributed by atoms with E-state index in [4.69, 9.17) is 10.5 Å². The second-order valence-corrected chi connectivity index (χ2v) is 8.55. The SMILES string of the molecule is CCC(C)Sc1ccc(C(=N)C(=O)Nc2ccc(Br)cn2)cc1.COCCCO. The molecule has 2 aromatic rings. The number of aromatic nitrogens is 1. The van der Waals surface area contributed by atoms with Crippen LogP contribution in [0.5, 0.6) is 0 Å². The molecular formula is C21H28BrN3O3S. The van der Waals surface area contributed by atoms with Crippen molar-refractivity contribution < 1.29 is 14.6 Å². The number of aliphatic hydroxyl groups excluding tert-OH is 1. The fourth-order valence-electron chi connectivity index (χ4n) is 1.98. The van der Waals surface area contributed by atoms with Crippen molar-refractivity contribution in [1.29, 1.82) is 5.41 Å². The first-order valence-corrected chi connectivity index (χ1v) is 11.0. The Morgan fingerprint density at radius 1 is 1.31 bits per heavy atom. The van der Waals surface area contributed by atoms with E-state index in [1.165, 1.54) is 0 Å². The topological polar surface area (TPSA) is 95.3 Å². The lowest BCUT2D eigenvalue weighted by Gasteiger charge is -2.09. The van der Waals surface area contributed by atoms with Crippen molar-refractivity contribution in [1.82, 2.24) is 4.98 Å². The van der Waals surface area contributed by atoms with Crippen molar-refractivity contribution in [3.63, 3.8) is 0 Å². The maximum absolute atomic E-state index is 12.1. The zero-order chi connectivity index (χ0) is 21.6. The third kappa shape index (κ3) is 10.0. The Labute approximate surface area is 185 Å². The standard InChI is InChI=1S/C17H18BrN3OS.C4H10O2/c1-3-11(2)23-14-7-4-12(5-8-14)16(19)17(22)21-15-9-6-13(18)10-20-15;1-6-4-2-3-5/h4-11,19H,3H2,1-2H3,(H,20,21,22);5H,2-4H2,1H3. The van der Waals surface area contributed by atoms with Gasteiger partial charge in [0, 0.05) is 46.7 Å². The third-order valence-electron chi connectivity index (χ3n) is 3.76. The molecule has 1 aromatic heterocycles. The number of halogens is 1. The number of amides is 1. The minimum Gasteiger partial charge on any atom is -0.396 e. The molecule has 1 heterocycles. The molecule has 6 nitrogen and oxygen atoms in total. The summed E-state index contributed by atoms with van der Waals surface area (Å²) in [6.07, 6.45) is 3.45. The van der Waals surface area contributed by atoms with Crippen LogP contribution in [0.4, 0.5) is 5.82 Å². The number of carbonyl (C=O) groups excluding carboxylic acids is 1. The molecule has 29 heavy (non-hydrogen) atoms. The Morgan fingerprint density at radius 2 is 2.00 bits per heavy atom. The number of aliphatic hydroxyl groups is 1. The minimum absolute atomic E-state index is 0.0743. The molecule has 8 heteroatoms. The molecule has 1 unspecified atom stereocenters. The number of carbonyl (C=O) groups is 1. The number of thioether (sulfide) groups is 1. The van der Waals surface area contributed by atoms with Gasteiger partial charge in [-0.1, -0.05) is 26.0 Å². The molecule has 3 N–H and O–H groups in total. The highest BCUT2D eigenvalue weighted by atomic mass is 79.9. The number of hydrogen-bond acceptors (Lipinski definition) is 6. The number of rotatable bonds is 9. The summed E-state index contributed by atoms with van der Waals surface area (Å²) in [6, 6.07) is 11.0. The molecule has 2 rings (SSSR count). The van der Waals surface area contributed by atoms with Crippen LogP contribution < -0.4 is 5.32 Å². The predicted octanol–water partition coefficient (Wildman–Crippen LogP) is 4.76. The van der Waals surface area contributed by atoms with Crippen LogP contribution in [0.3, 0.4) is 0 Å². The molecule has 0 aliphatic carbocycles. The zero-order valence-corrected chi connectivity index (χ0v) is 19.3. The van der Waals surface area contributed by atoms with Crippen molar-refractivity contribution in [2.45, 2.75) is 36.8 Å². The normalized spacial score (nSPS) is 11.2. The van der Waals surface area contributed by atoms with Crippen molar-refractivity contribution in [3.8, 4) is 0 Å². The minimum atomic E-state index is -0.470. The number of hydrogen-bond donors (Lipinski definition) is 3. The van der Waals surface area contributed by atoms with E-state index in [1.807, 2.05) is 24.3 Å². The van der Waals surface area contributed by atoms with Gasteiger partial charge in [-0.2, -0.15) is 0 Å². The summed E-state index contributed by atoms with van der Waals surface area (Å²) in [5.41, 5.74) is 0.517. The van der Waals surface area contributed by atoms with Gasteiger partial charge < -0.3 is 15.2 Å². The Bertz CT molecular complexity index is 751. The lowest BCUT2D eigenvalue weighted by atomic mass is 10.1. The molecule has 0 radical (unpaired) electrons. The lowest BCUT2D eigenvalue weighted by molar-refractivity contribution is -0.110. The van der Waals surface area contributed by atoms with E-state index in [0.29, 0.717) is 23.2 Å². The highest BCUT2D eigenvalue weighted by Crippen LogP contribution is 2.25. The molecule has 1 aromatic carbocycles. The van der Waals surface area contributed by atoms with E-state index >= 15 is 0 Å². The van der Waals surface area contributed by atoms with Gasteiger partial charge in [-0.25, -0.2) is 4.98 Å². The zero-order valence-electron chi connectivity index (χ0n) is 16.9. The van der Waals surface area contributed by atoms with Crippen LogP contribution in [-0.4, -0.2) is 47.3 Å². The Hall–Kier alpha value is -1.74. The van der Waals surface area contributed by atoms with E-state index in [0.717, 1.165) is 22.2 Å². The van der Waals surface area contributed by atoms with Gasteiger partial charge in [0.25, 0.3) is 5.91 Å². The van der Waals surface area contributed by atoms with E-state index < -0.39 is 5.91 Å². The van der Waals surface area contributed by atoms with Crippen LogP contribution in [0.2, 0.25) is 0 Å². The number of pyridine rings is 1. The molecule has 0 spiro atoms. The average molecular weight is 482 g/mol. The van der Waals surface area contributed by atoms with E-state index in [-0.39, 0.29) is 12.3 Å². The summed E-state index contributed by atoms with van der Waals surface area (Å²) in [4.78, 5) is 17.3. The Morgan fingerprint density at radius 3 is 2.48 bits per heavy atom. The van der Waals surface area contributed by atoms with Gasteiger partial charge in [-0.05, 0) is 53.0 Å². The summed E-state index contributed by atoms with van der Waals surface area (Å²) in [6.45, 7) is 5.23. The smallest absolute Gasteiger partial charge is 0.275 e.